The Morgan fingerprint density at radius 1 is 1.32 bits per heavy atom. The van der Waals surface area contributed by atoms with Crippen LogP contribution in [0.15, 0.2) is 42.3 Å². The molecule has 0 N–H and O–H groups in total. The van der Waals surface area contributed by atoms with Gasteiger partial charge in [0.1, 0.15) is 17.7 Å². The van der Waals surface area contributed by atoms with E-state index in [2.05, 4.69) is 16.5 Å². The molecule has 4 heteroatoms. The predicted octanol–water partition coefficient (Wildman–Crippen LogP) is 4.10. The quantitative estimate of drug-likeness (QED) is 0.784. The molecule has 0 radical (unpaired) electrons. The lowest BCUT2D eigenvalue weighted by Crippen LogP contribution is -2.19. The fourth-order valence-electron chi connectivity index (χ4n) is 2.93. The summed E-state index contributed by atoms with van der Waals surface area (Å²) in [6.07, 6.45) is 2.55. The maximum atomic E-state index is 13.9. The van der Waals surface area contributed by atoms with Crippen LogP contribution in [0, 0.1) is 11.7 Å². The van der Waals surface area contributed by atoms with Crippen molar-refractivity contribution in [2.24, 2.45) is 5.92 Å². The van der Waals surface area contributed by atoms with E-state index < -0.39 is 0 Å². The van der Waals surface area contributed by atoms with E-state index in [9.17, 15) is 9.18 Å². The number of allylic oxidation sites excluding steroid dienone is 3. The van der Waals surface area contributed by atoms with E-state index in [1.807, 2.05) is 13.8 Å². The zero-order chi connectivity index (χ0) is 15.9. The molecule has 1 aliphatic carbocycles. The number of ketones is 1. The number of hydrogen-bond acceptors (Lipinski definition) is 3. The Hall–Kier alpha value is -2.36. The lowest BCUT2D eigenvalue weighted by Gasteiger charge is -2.25. The van der Waals surface area contributed by atoms with Crippen LogP contribution in [-0.2, 0) is 4.79 Å². The molecule has 1 aromatic carbocycles. The van der Waals surface area contributed by atoms with Crippen LogP contribution in [0.4, 0.5) is 4.39 Å². The van der Waals surface area contributed by atoms with Crippen molar-refractivity contribution >= 4 is 22.3 Å². The molecule has 0 bridgehead atoms. The van der Waals surface area contributed by atoms with Crippen LogP contribution in [0.5, 0.6) is 0 Å². The topological polar surface area (TPSA) is 42.9 Å². The Bertz CT molecular complexity index is 823. The normalized spacial score (nSPS) is 18.9. The second kappa shape index (κ2) is 5.44. The van der Waals surface area contributed by atoms with Crippen molar-refractivity contribution in [1.29, 1.82) is 0 Å². The van der Waals surface area contributed by atoms with Gasteiger partial charge in [-0.05, 0) is 43.4 Å². The summed E-state index contributed by atoms with van der Waals surface area (Å²) in [7, 11) is 0. The van der Waals surface area contributed by atoms with Gasteiger partial charge in [-0.3, -0.25) is 4.79 Å². The van der Waals surface area contributed by atoms with Crippen LogP contribution in [-0.4, -0.2) is 15.8 Å². The molecule has 1 unspecified atom stereocenters. The van der Waals surface area contributed by atoms with Gasteiger partial charge in [0, 0.05) is 11.8 Å². The zero-order valence-electron chi connectivity index (χ0n) is 12.7. The maximum absolute atomic E-state index is 13.9. The molecule has 1 heterocycles. The van der Waals surface area contributed by atoms with Crippen LogP contribution in [0.2, 0.25) is 0 Å². The van der Waals surface area contributed by atoms with Gasteiger partial charge in [-0.15, -0.1) is 0 Å². The highest BCUT2D eigenvalue weighted by Crippen LogP contribution is 2.38. The molecule has 3 rings (SSSR count). The van der Waals surface area contributed by atoms with Gasteiger partial charge in [0.05, 0.1) is 5.69 Å². The van der Waals surface area contributed by atoms with E-state index >= 15 is 0 Å². The van der Waals surface area contributed by atoms with Crippen molar-refractivity contribution < 1.29 is 9.18 Å². The van der Waals surface area contributed by atoms with Crippen LogP contribution >= 0.6 is 0 Å². The minimum atomic E-state index is -0.377. The number of rotatable bonds is 2. The van der Waals surface area contributed by atoms with Gasteiger partial charge in [0.25, 0.3) is 0 Å². The zero-order valence-corrected chi connectivity index (χ0v) is 12.7. The second-order valence-electron chi connectivity index (χ2n) is 5.84. The van der Waals surface area contributed by atoms with Crippen LogP contribution < -0.4 is 0 Å². The predicted molar refractivity (Wildman–Crippen MR) is 84.6 cm³/mol. The Morgan fingerprint density at radius 3 is 2.82 bits per heavy atom. The molecule has 3 nitrogen and oxygen atoms in total. The first-order valence-electron chi connectivity index (χ1n) is 7.27. The molecular weight excluding hydrogens is 279 g/mol. The number of carbonyl (C=O) groups excluding carboxylic acids is 1. The summed E-state index contributed by atoms with van der Waals surface area (Å²) in [5.41, 5.74) is 3.52. The number of Topliss-reactive ketones (excluding diaryl/α,β-unsaturated/α-hetero) is 1. The van der Waals surface area contributed by atoms with E-state index in [-0.39, 0.29) is 23.0 Å². The summed E-state index contributed by atoms with van der Waals surface area (Å²) in [6.45, 7) is 7.73. The first kappa shape index (κ1) is 14.6. The number of hydrogen-bond donors (Lipinski definition) is 0. The first-order valence-corrected chi connectivity index (χ1v) is 7.27. The highest BCUT2D eigenvalue weighted by molar-refractivity contribution is 6.06. The van der Waals surface area contributed by atoms with Crippen LogP contribution in [0.3, 0.4) is 0 Å². The third-order valence-electron chi connectivity index (χ3n) is 4.35. The Balaban J connectivity index is 2.22. The average molecular weight is 296 g/mol. The van der Waals surface area contributed by atoms with Gasteiger partial charge in [0.15, 0.2) is 5.78 Å². The monoisotopic (exact) mass is 296 g/mol. The summed E-state index contributed by atoms with van der Waals surface area (Å²) in [5, 5.41) is 0.645. The SMILES string of the molecule is C=C(C)C1CC(=O)C(C)=C(c2ncnc3c(F)cccc23)C1. The summed E-state index contributed by atoms with van der Waals surface area (Å²) < 4.78 is 13.9. The molecule has 1 aromatic heterocycles. The van der Waals surface area contributed by atoms with E-state index in [4.69, 9.17) is 0 Å². The Labute approximate surface area is 128 Å². The number of fused-ring (bicyclic) bond motifs is 1. The van der Waals surface area contributed by atoms with Gasteiger partial charge in [-0.25, -0.2) is 14.4 Å². The lowest BCUT2D eigenvalue weighted by molar-refractivity contribution is -0.116. The second-order valence-corrected chi connectivity index (χ2v) is 5.84. The van der Waals surface area contributed by atoms with E-state index in [0.717, 1.165) is 11.1 Å². The van der Waals surface area contributed by atoms with E-state index in [0.29, 0.717) is 29.5 Å². The molecule has 0 aliphatic heterocycles. The molecule has 22 heavy (non-hydrogen) atoms. The van der Waals surface area contributed by atoms with Crippen LogP contribution in [0.25, 0.3) is 16.5 Å². The van der Waals surface area contributed by atoms with Gasteiger partial charge in [0.2, 0.25) is 0 Å². The van der Waals surface area contributed by atoms with E-state index in [1.165, 1.54) is 12.4 Å². The molecule has 0 saturated carbocycles. The van der Waals surface area contributed by atoms with Gasteiger partial charge >= 0.3 is 0 Å². The van der Waals surface area contributed by atoms with Crippen LogP contribution in [0.1, 0.15) is 32.4 Å². The van der Waals surface area contributed by atoms with Crippen molar-refractivity contribution in [3.05, 3.63) is 53.8 Å². The molecule has 0 amide bonds. The minimum absolute atomic E-state index is 0.109. The fraction of sp³-hybridized carbons (Fsp3) is 0.278. The third kappa shape index (κ3) is 2.34. The fourth-order valence-corrected chi connectivity index (χ4v) is 2.93. The minimum Gasteiger partial charge on any atom is -0.295 e. The van der Waals surface area contributed by atoms with Crippen molar-refractivity contribution in [2.45, 2.75) is 26.7 Å². The number of para-hydroxylation sites is 1. The highest BCUT2D eigenvalue weighted by atomic mass is 19.1. The van der Waals surface area contributed by atoms with Crippen molar-refractivity contribution in [1.82, 2.24) is 9.97 Å². The van der Waals surface area contributed by atoms with Crippen molar-refractivity contribution in [3.63, 3.8) is 0 Å². The molecular formula is C18H17FN2O. The summed E-state index contributed by atoms with van der Waals surface area (Å²) in [5.74, 6) is -0.153. The standard InChI is InChI=1S/C18H17FN2O/c1-10(2)12-7-14(11(3)16(22)8-12)17-13-5-4-6-15(19)18(13)21-9-20-17/h4-6,9,12H,1,7-8H2,2-3H3. The molecule has 112 valence electrons. The van der Waals surface area contributed by atoms with E-state index in [1.54, 1.807) is 12.1 Å². The highest BCUT2D eigenvalue weighted by Gasteiger charge is 2.28. The lowest BCUT2D eigenvalue weighted by atomic mass is 9.79. The molecule has 1 atom stereocenters. The maximum Gasteiger partial charge on any atom is 0.159 e. The number of nitrogens with zero attached hydrogens (tertiary/aromatic N) is 2. The van der Waals surface area contributed by atoms with Crippen molar-refractivity contribution in [3.8, 4) is 0 Å². The third-order valence-corrected chi connectivity index (χ3v) is 4.35. The Kier molecular flexibility index (Phi) is 3.61. The number of halogens is 1. The molecule has 0 fully saturated rings. The van der Waals surface area contributed by atoms with Gasteiger partial charge < -0.3 is 0 Å². The van der Waals surface area contributed by atoms with Crippen molar-refractivity contribution in [2.75, 3.05) is 0 Å². The molecule has 1 aliphatic rings. The molecule has 0 saturated heterocycles. The number of benzene rings is 1. The largest absolute Gasteiger partial charge is 0.295 e. The summed E-state index contributed by atoms with van der Waals surface area (Å²) >= 11 is 0. The summed E-state index contributed by atoms with van der Waals surface area (Å²) in [4.78, 5) is 20.6. The Morgan fingerprint density at radius 2 is 2.09 bits per heavy atom. The number of aromatic nitrogens is 2. The molecule has 2 aromatic rings. The molecule has 0 spiro atoms. The first-order chi connectivity index (χ1) is 10.5. The smallest absolute Gasteiger partial charge is 0.159 e. The summed E-state index contributed by atoms with van der Waals surface area (Å²) in [6, 6.07) is 4.81. The van der Waals surface area contributed by atoms with Gasteiger partial charge in [-0.1, -0.05) is 24.3 Å². The average Bonchev–Trinajstić information content (AvgIpc) is 2.50. The van der Waals surface area contributed by atoms with Gasteiger partial charge in [-0.2, -0.15) is 0 Å². The number of carbonyl (C=O) groups is 1.